The van der Waals surface area contributed by atoms with E-state index in [4.69, 9.17) is 21.4 Å². The normalized spacial score (nSPS) is 13.9. The third-order valence-corrected chi connectivity index (χ3v) is 7.20. The van der Waals surface area contributed by atoms with Gasteiger partial charge in [-0.05, 0) is 49.3 Å². The Labute approximate surface area is 211 Å². The average molecular weight is 493 g/mol. The zero-order chi connectivity index (χ0) is 25.2. The number of aryl methyl sites for hydroxylation is 1. The minimum Gasteiger partial charge on any atom is -0.394 e. The number of rotatable bonds is 11. The van der Waals surface area contributed by atoms with Crippen LogP contribution < -0.4 is 4.90 Å². The molecule has 1 aromatic carbocycles. The second kappa shape index (κ2) is 13.3. The molecule has 35 heavy (non-hydrogen) atoms. The highest BCUT2D eigenvalue weighted by Crippen LogP contribution is 2.39. The SMILES string of the molecule is [C-]#[N+]c1c(N2CCC(OCCO)CC2)nc(SCc2ccc(CCC(C)=O)cc2)c(C#N)c1CC. The number of pyridine rings is 1. The fourth-order valence-electron chi connectivity index (χ4n) is 4.22. The molecule has 2 aromatic rings. The van der Waals surface area contributed by atoms with Crippen molar-refractivity contribution in [1.82, 2.24) is 4.98 Å². The number of Topliss-reactive ketones (excluding diaryl/α,β-unsaturated/α-hetero) is 1. The Balaban J connectivity index is 1.80. The van der Waals surface area contributed by atoms with E-state index in [9.17, 15) is 10.1 Å². The van der Waals surface area contributed by atoms with Crippen molar-refractivity contribution in [1.29, 1.82) is 5.26 Å². The van der Waals surface area contributed by atoms with Crippen LogP contribution in [-0.2, 0) is 28.1 Å². The molecule has 0 radical (unpaired) electrons. The zero-order valence-corrected chi connectivity index (χ0v) is 21.2. The van der Waals surface area contributed by atoms with Crippen molar-refractivity contribution in [3.05, 3.63) is 57.9 Å². The third kappa shape index (κ3) is 7.05. The van der Waals surface area contributed by atoms with Gasteiger partial charge in [0.15, 0.2) is 0 Å². The number of aromatic nitrogens is 1. The number of thioether (sulfide) groups is 1. The van der Waals surface area contributed by atoms with E-state index in [1.165, 1.54) is 11.8 Å². The van der Waals surface area contributed by atoms with E-state index in [1.807, 2.05) is 19.1 Å². The van der Waals surface area contributed by atoms with Gasteiger partial charge in [-0.1, -0.05) is 31.2 Å². The lowest BCUT2D eigenvalue weighted by molar-refractivity contribution is -0.116. The number of hydrogen-bond donors (Lipinski definition) is 1. The highest BCUT2D eigenvalue weighted by molar-refractivity contribution is 7.98. The van der Waals surface area contributed by atoms with Gasteiger partial charge in [-0.2, -0.15) is 5.26 Å². The molecule has 1 aliphatic rings. The lowest BCUT2D eigenvalue weighted by Gasteiger charge is -2.34. The van der Waals surface area contributed by atoms with Crippen molar-refractivity contribution in [2.45, 2.75) is 62.8 Å². The molecule has 184 valence electrons. The predicted octanol–water partition coefficient (Wildman–Crippen LogP) is 4.86. The molecular formula is C27H32N4O3S. The Morgan fingerprint density at radius 1 is 1.31 bits per heavy atom. The first-order valence-electron chi connectivity index (χ1n) is 12.0. The molecule has 0 amide bonds. The van der Waals surface area contributed by atoms with Gasteiger partial charge >= 0.3 is 0 Å². The number of benzene rings is 1. The molecule has 7 nitrogen and oxygen atoms in total. The fraction of sp³-hybridized carbons (Fsp3) is 0.481. The molecule has 0 atom stereocenters. The number of ketones is 1. The first kappa shape index (κ1) is 26.7. The van der Waals surface area contributed by atoms with Crippen molar-refractivity contribution >= 4 is 29.1 Å². The van der Waals surface area contributed by atoms with Crippen molar-refractivity contribution in [2.24, 2.45) is 0 Å². The van der Waals surface area contributed by atoms with Crippen LogP contribution in [0.2, 0.25) is 0 Å². The lowest BCUT2D eigenvalue weighted by atomic mass is 10.0. The number of carbonyl (C=O) groups is 1. The van der Waals surface area contributed by atoms with E-state index < -0.39 is 0 Å². The Hall–Kier alpha value is -2.91. The average Bonchev–Trinajstić information content (AvgIpc) is 2.89. The molecule has 0 saturated carbocycles. The monoisotopic (exact) mass is 492 g/mol. The number of nitriles is 1. The summed E-state index contributed by atoms with van der Waals surface area (Å²) in [6.07, 6.45) is 3.59. The number of piperidine rings is 1. The molecule has 0 unspecified atom stereocenters. The van der Waals surface area contributed by atoms with Crippen LogP contribution in [0.1, 0.15) is 55.4 Å². The van der Waals surface area contributed by atoms with Crippen LogP contribution in [-0.4, -0.2) is 48.3 Å². The highest BCUT2D eigenvalue weighted by atomic mass is 32.2. The fourth-order valence-corrected chi connectivity index (χ4v) is 5.18. The van der Waals surface area contributed by atoms with Crippen LogP contribution in [0.25, 0.3) is 4.85 Å². The maximum atomic E-state index is 11.2. The molecular weight excluding hydrogens is 460 g/mol. The number of nitrogens with zero attached hydrogens (tertiary/aromatic N) is 4. The van der Waals surface area contributed by atoms with E-state index in [1.54, 1.807) is 6.92 Å². The summed E-state index contributed by atoms with van der Waals surface area (Å²) in [5.41, 5.74) is 3.97. The van der Waals surface area contributed by atoms with Gasteiger partial charge in [0.25, 0.3) is 0 Å². The number of ether oxygens (including phenoxy) is 1. The van der Waals surface area contributed by atoms with Crippen molar-refractivity contribution in [3.63, 3.8) is 0 Å². The first-order chi connectivity index (χ1) is 17.0. The van der Waals surface area contributed by atoms with Gasteiger partial charge in [-0.3, -0.25) is 0 Å². The number of hydrogen-bond acceptors (Lipinski definition) is 7. The van der Waals surface area contributed by atoms with Crippen molar-refractivity contribution in [2.75, 3.05) is 31.2 Å². The zero-order valence-electron chi connectivity index (χ0n) is 20.4. The molecule has 1 fully saturated rings. The van der Waals surface area contributed by atoms with Gasteiger partial charge in [0, 0.05) is 25.3 Å². The summed E-state index contributed by atoms with van der Waals surface area (Å²) in [5.74, 6) is 1.50. The van der Waals surface area contributed by atoms with Crippen LogP contribution in [0.15, 0.2) is 29.3 Å². The lowest BCUT2D eigenvalue weighted by Crippen LogP contribution is -2.38. The quantitative estimate of drug-likeness (QED) is 0.354. The van der Waals surface area contributed by atoms with E-state index in [0.717, 1.165) is 36.0 Å². The standard InChI is InChI=1S/C27H32N4O3S/c1-4-23-24(17-28)27(35-18-21-9-7-20(8-10-21)6-5-19(2)33)30-26(25(23)29-3)31-13-11-22(12-14-31)34-16-15-32/h7-10,22,32H,4-6,11-16,18H2,1-2H3. The van der Waals surface area contributed by atoms with Crippen molar-refractivity contribution in [3.8, 4) is 6.07 Å². The Morgan fingerprint density at radius 3 is 2.57 bits per heavy atom. The molecule has 2 heterocycles. The molecule has 1 N–H and O–H groups in total. The minimum absolute atomic E-state index is 0.0147. The van der Waals surface area contributed by atoms with Gasteiger partial charge < -0.3 is 19.5 Å². The van der Waals surface area contributed by atoms with Crippen LogP contribution in [0, 0.1) is 17.9 Å². The topological polar surface area (TPSA) is 90.8 Å². The Bertz CT molecular complexity index is 1100. The molecule has 8 heteroatoms. The van der Waals surface area contributed by atoms with Gasteiger partial charge in [0.05, 0.1) is 31.5 Å². The van der Waals surface area contributed by atoms with Gasteiger partial charge in [0.1, 0.15) is 22.7 Å². The van der Waals surface area contributed by atoms with Gasteiger partial charge in [-0.25, -0.2) is 9.83 Å². The maximum Gasteiger partial charge on any atom is 0.232 e. The number of aliphatic hydroxyl groups excluding tert-OH is 1. The summed E-state index contributed by atoms with van der Waals surface area (Å²) in [6, 6.07) is 10.5. The number of carbonyl (C=O) groups excluding carboxylic acids is 1. The number of aliphatic hydroxyl groups is 1. The Kier molecular flexibility index (Phi) is 10.1. The predicted molar refractivity (Wildman–Crippen MR) is 138 cm³/mol. The van der Waals surface area contributed by atoms with Gasteiger partial charge in [0.2, 0.25) is 5.69 Å². The van der Waals surface area contributed by atoms with Crippen LogP contribution in [0.4, 0.5) is 11.5 Å². The smallest absolute Gasteiger partial charge is 0.232 e. The minimum atomic E-state index is 0.0147. The molecule has 0 spiro atoms. The molecule has 3 rings (SSSR count). The van der Waals surface area contributed by atoms with Crippen LogP contribution in [0.5, 0.6) is 0 Å². The number of anilines is 1. The summed E-state index contributed by atoms with van der Waals surface area (Å²) >= 11 is 1.52. The summed E-state index contributed by atoms with van der Waals surface area (Å²) in [7, 11) is 0. The van der Waals surface area contributed by atoms with Crippen molar-refractivity contribution < 1.29 is 14.6 Å². The molecule has 1 aliphatic heterocycles. The van der Waals surface area contributed by atoms with E-state index in [2.05, 4.69) is 27.9 Å². The van der Waals surface area contributed by atoms with E-state index in [-0.39, 0.29) is 18.5 Å². The molecule has 1 saturated heterocycles. The van der Waals surface area contributed by atoms with Crippen LogP contribution >= 0.6 is 11.8 Å². The Morgan fingerprint density at radius 2 is 2.00 bits per heavy atom. The van der Waals surface area contributed by atoms with Crippen LogP contribution in [0.3, 0.4) is 0 Å². The first-order valence-corrected chi connectivity index (χ1v) is 13.0. The highest BCUT2D eigenvalue weighted by Gasteiger charge is 2.26. The summed E-state index contributed by atoms with van der Waals surface area (Å²) < 4.78 is 5.68. The second-order valence-corrected chi connectivity index (χ2v) is 9.57. The largest absolute Gasteiger partial charge is 0.394 e. The van der Waals surface area contributed by atoms with E-state index >= 15 is 0 Å². The van der Waals surface area contributed by atoms with Gasteiger partial charge in [-0.15, -0.1) is 11.8 Å². The third-order valence-electron chi connectivity index (χ3n) is 6.15. The summed E-state index contributed by atoms with van der Waals surface area (Å²) in [6.45, 7) is 13.2. The van der Waals surface area contributed by atoms with E-state index in [0.29, 0.717) is 60.4 Å². The molecule has 1 aromatic heterocycles. The molecule has 0 bridgehead atoms. The summed E-state index contributed by atoms with van der Waals surface area (Å²) in [4.78, 5) is 22.0. The summed E-state index contributed by atoms with van der Waals surface area (Å²) in [5, 5.41) is 19.6. The maximum absolute atomic E-state index is 11.2. The second-order valence-electron chi connectivity index (χ2n) is 8.61. The molecule has 0 aliphatic carbocycles.